The highest BCUT2D eigenvalue weighted by molar-refractivity contribution is 5.94. The topological polar surface area (TPSA) is 46.9 Å². The predicted molar refractivity (Wildman–Crippen MR) is 90.2 cm³/mol. The van der Waals surface area contributed by atoms with Gasteiger partial charge in [-0.25, -0.2) is 13.8 Å². The van der Waals surface area contributed by atoms with Gasteiger partial charge in [0.05, 0.1) is 0 Å². The van der Waals surface area contributed by atoms with Crippen molar-refractivity contribution in [3.63, 3.8) is 0 Å². The molecular formula is C19H17F2N3O. The molecule has 0 aliphatic carbocycles. The lowest BCUT2D eigenvalue weighted by Gasteiger charge is -2.09. The van der Waals surface area contributed by atoms with Gasteiger partial charge in [0.2, 0.25) is 0 Å². The standard InChI is InChI=1S/C19H17F2N3O/c20-16-10-15(11-17(21)12-16)19(25)23-7-6-18-22-8-9-24(18)13-14-4-2-1-3-5-14/h1-5,8-12H,6-7,13H2,(H,23,25). The summed E-state index contributed by atoms with van der Waals surface area (Å²) in [5, 5.41) is 2.66. The van der Waals surface area contributed by atoms with Crippen LogP contribution in [0.3, 0.4) is 0 Å². The first kappa shape index (κ1) is 16.8. The highest BCUT2D eigenvalue weighted by Gasteiger charge is 2.10. The maximum Gasteiger partial charge on any atom is 0.251 e. The first-order valence-corrected chi connectivity index (χ1v) is 7.90. The molecule has 3 rings (SSSR count). The molecule has 128 valence electrons. The highest BCUT2D eigenvalue weighted by atomic mass is 19.1. The van der Waals surface area contributed by atoms with E-state index in [-0.39, 0.29) is 5.56 Å². The Hall–Kier alpha value is -3.02. The van der Waals surface area contributed by atoms with E-state index in [2.05, 4.69) is 10.3 Å². The summed E-state index contributed by atoms with van der Waals surface area (Å²) < 4.78 is 28.3. The van der Waals surface area contributed by atoms with Crippen LogP contribution in [-0.2, 0) is 13.0 Å². The van der Waals surface area contributed by atoms with E-state index in [1.807, 2.05) is 41.1 Å². The van der Waals surface area contributed by atoms with Crippen molar-refractivity contribution in [1.82, 2.24) is 14.9 Å². The van der Waals surface area contributed by atoms with Crippen molar-refractivity contribution in [2.24, 2.45) is 0 Å². The molecule has 0 aliphatic rings. The summed E-state index contributed by atoms with van der Waals surface area (Å²) in [5.74, 6) is -1.23. The lowest BCUT2D eigenvalue weighted by atomic mass is 10.2. The zero-order valence-electron chi connectivity index (χ0n) is 13.5. The summed E-state index contributed by atoms with van der Waals surface area (Å²) in [6.07, 6.45) is 4.11. The van der Waals surface area contributed by atoms with Crippen LogP contribution in [0.4, 0.5) is 8.78 Å². The third kappa shape index (κ3) is 4.50. The molecule has 0 atom stereocenters. The first-order valence-electron chi connectivity index (χ1n) is 7.90. The van der Waals surface area contributed by atoms with Gasteiger partial charge in [-0.15, -0.1) is 0 Å². The summed E-state index contributed by atoms with van der Waals surface area (Å²) in [6.45, 7) is 1.02. The largest absolute Gasteiger partial charge is 0.352 e. The maximum atomic E-state index is 13.2. The number of benzene rings is 2. The molecule has 6 heteroatoms. The molecule has 1 N–H and O–H groups in total. The minimum atomic E-state index is -0.774. The highest BCUT2D eigenvalue weighted by Crippen LogP contribution is 2.08. The molecule has 0 fully saturated rings. The second kappa shape index (κ2) is 7.70. The number of nitrogens with one attached hydrogen (secondary N) is 1. The molecule has 0 aliphatic heterocycles. The molecule has 0 saturated carbocycles. The van der Waals surface area contributed by atoms with E-state index in [4.69, 9.17) is 0 Å². The van der Waals surface area contributed by atoms with Crippen molar-refractivity contribution in [3.05, 3.63) is 89.5 Å². The number of hydrogen-bond acceptors (Lipinski definition) is 2. The molecule has 1 aromatic heterocycles. The molecule has 4 nitrogen and oxygen atoms in total. The van der Waals surface area contributed by atoms with E-state index >= 15 is 0 Å². The Kier molecular flexibility index (Phi) is 5.18. The molecule has 0 saturated heterocycles. The molecule has 0 radical (unpaired) electrons. The number of rotatable bonds is 6. The van der Waals surface area contributed by atoms with Crippen molar-refractivity contribution in [2.45, 2.75) is 13.0 Å². The van der Waals surface area contributed by atoms with Gasteiger partial charge in [0.25, 0.3) is 5.91 Å². The number of carbonyl (C=O) groups excluding carboxylic acids is 1. The normalized spacial score (nSPS) is 10.6. The van der Waals surface area contributed by atoms with Crippen LogP contribution in [0, 0.1) is 11.6 Å². The van der Waals surface area contributed by atoms with Crippen LogP contribution in [0.5, 0.6) is 0 Å². The van der Waals surface area contributed by atoms with Crippen molar-refractivity contribution in [2.75, 3.05) is 6.54 Å². The number of nitrogens with zero attached hydrogens (tertiary/aromatic N) is 2. The van der Waals surface area contributed by atoms with Gasteiger partial charge in [-0.3, -0.25) is 4.79 Å². The first-order chi connectivity index (χ1) is 12.1. The fourth-order valence-corrected chi connectivity index (χ4v) is 2.57. The summed E-state index contributed by atoms with van der Waals surface area (Å²) in [7, 11) is 0. The Morgan fingerprint density at radius 2 is 1.80 bits per heavy atom. The number of carbonyl (C=O) groups is 1. The van der Waals surface area contributed by atoms with Crippen LogP contribution in [-0.4, -0.2) is 22.0 Å². The van der Waals surface area contributed by atoms with Gasteiger partial charge in [-0.2, -0.15) is 0 Å². The SMILES string of the molecule is O=C(NCCc1nccn1Cc1ccccc1)c1cc(F)cc(F)c1. The van der Waals surface area contributed by atoms with E-state index in [9.17, 15) is 13.6 Å². The second-order valence-corrected chi connectivity index (χ2v) is 5.62. The van der Waals surface area contributed by atoms with Crippen molar-refractivity contribution < 1.29 is 13.6 Å². The summed E-state index contributed by atoms with van der Waals surface area (Å²) in [4.78, 5) is 16.3. The minimum absolute atomic E-state index is 0.0369. The Morgan fingerprint density at radius 3 is 2.52 bits per heavy atom. The lowest BCUT2D eigenvalue weighted by molar-refractivity contribution is 0.0953. The summed E-state index contributed by atoms with van der Waals surface area (Å²) in [6, 6.07) is 12.7. The number of aromatic nitrogens is 2. The van der Waals surface area contributed by atoms with E-state index in [1.54, 1.807) is 6.20 Å². The number of imidazole rings is 1. The Morgan fingerprint density at radius 1 is 1.08 bits per heavy atom. The average molecular weight is 341 g/mol. The van der Waals surface area contributed by atoms with E-state index in [0.717, 1.165) is 29.6 Å². The van der Waals surface area contributed by atoms with Gasteiger partial charge in [-0.1, -0.05) is 30.3 Å². The van der Waals surface area contributed by atoms with Gasteiger partial charge in [-0.05, 0) is 17.7 Å². The molecule has 0 spiro atoms. The summed E-state index contributed by atoms with van der Waals surface area (Å²) >= 11 is 0. The van der Waals surface area contributed by atoms with Gasteiger partial charge in [0.15, 0.2) is 0 Å². The monoisotopic (exact) mass is 341 g/mol. The van der Waals surface area contributed by atoms with E-state index in [0.29, 0.717) is 19.5 Å². The maximum absolute atomic E-state index is 13.2. The van der Waals surface area contributed by atoms with E-state index < -0.39 is 17.5 Å². The molecule has 1 heterocycles. The number of halogens is 2. The molecule has 0 bridgehead atoms. The summed E-state index contributed by atoms with van der Waals surface area (Å²) in [5.41, 5.74) is 1.12. The number of amides is 1. The van der Waals surface area contributed by atoms with Crippen LogP contribution < -0.4 is 5.32 Å². The quantitative estimate of drug-likeness (QED) is 0.748. The molecule has 3 aromatic rings. The van der Waals surface area contributed by atoms with Crippen LogP contribution in [0.15, 0.2) is 60.9 Å². The zero-order chi connectivity index (χ0) is 17.6. The Labute approximate surface area is 144 Å². The third-order valence-corrected chi connectivity index (χ3v) is 3.76. The van der Waals surface area contributed by atoms with Crippen LogP contribution in [0.25, 0.3) is 0 Å². The average Bonchev–Trinajstić information content (AvgIpc) is 3.02. The van der Waals surface area contributed by atoms with Gasteiger partial charge < -0.3 is 9.88 Å². The minimum Gasteiger partial charge on any atom is -0.352 e. The van der Waals surface area contributed by atoms with Crippen LogP contribution in [0.1, 0.15) is 21.7 Å². The van der Waals surface area contributed by atoms with Crippen LogP contribution >= 0.6 is 0 Å². The Balaban J connectivity index is 1.57. The van der Waals surface area contributed by atoms with Gasteiger partial charge in [0, 0.05) is 43.5 Å². The van der Waals surface area contributed by atoms with Crippen molar-refractivity contribution in [3.8, 4) is 0 Å². The van der Waals surface area contributed by atoms with Crippen molar-refractivity contribution in [1.29, 1.82) is 0 Å². The van der Waals surface area contributed by atoms with E-state index in [1.165, 1.54) is 0 Å². The lowest BCUT2D eigenvalue weighted by Crippen LogP contribution is -2.26. The fourth-order valence-electron chi connectivity index (χ4n) is 2.57. The third-order valence-electron chi connectivity index (χ3n) is 3.76. The molecule has 2 aromatic carbocycles. The molecule has 25 heavy (non-hydrogen) atoms. The number of hydrogen-bond donors (Lipinski definition) is 1. The smallest absolute Gasteiger partial charge is 0.251 e. The fraction of sp³-hybridized carbons (Fsp3) is 0.158. The van der Waals surface area contributed by atoms with Gasteiger partial charge in [0.1, 0.15) is 17.5 Å². The molecule has 1 amide bonds. The second-order valence-electron chi connectivity index (χ2n) is 5.62. The Bertz CT molecular complexity index is 842. The molecule has 0 unspecified atom stereocenters. The zero-order valence-corrected chi connectivity index (χ0v) is 13.5. The predicted octanol–water partition coefficient (Wildman–Crippen LogP) is 3.18. The van der Waals surface area contributed by atoms with Gasteiger partial charge >= 0.3 is 0 Å². The molecular weight excluding hydrogens is 324 g/mol. The van der Waals surface area contributed by atoms with Crippen LogP contribution in [0.2, 0.25) is 0 Å². The van der Waals surface area contributed by atoms with Crippen molar-refractivity contribution >= 4 is 5.91 Å².